The number of hydrogen-bond acceptors (Lipinski definition) is 8. The molecule has 2 unspecified atom stereocenters. The monoisotopic (exact) mass is 346 g/mol. The molecule has 3 N–H and O–H groups in total. The van der Waals surface area contributed by atoms with Crippen molar-refractivity contribution in [3.63, 3.8) is 0 Å². The minimum Gasteiger partial charge on any atom is -0.393 e. The van der Waals surface area contributed by atoms with Gasteiger partial charge in [0.25, 0.3) is 0 Å². The number of hydrogen-bond donors (Lipinski definition) is 3. The van der Waals surface area contributed by atoms with Gasteiger partial charge in [-0.1, -0.05) is 0 Å². The van der Waals surface area contributed by atoms with Gasteiger partial charge in [-0.2, -0.15) is 0 Å². The van der Waals surface area contributed by atoms with Crippen LogP contribution in [0.2, 0.25) is 32.7 Å². The number of rotatable bonds is 0. The summed E-state index contributed by atoms with van der Waals surface area (Å²) in [6.45, 7) is 7.41. The van der Waals surface area contributed by atoms with Crippen LogP contribution in [0, 0.1) is 0 Å². The van der Waals surface area contributed by atoms with Gasteiger partial charge in [0.1, 0.15) is 0 Å². The molecular weight excluding hydrogens is 328 g/mol. The van der Waals surface area contributed by atoms with Crippen LogP contribution < -0.4 is 0 Å². The Labute approximate surface area is 113 Å². The molecule has 0 aromatic rings. The fourth-order valence-electron chi connectivity index (χ4n) is 1.52. The lowest BCUT2D eigenvalue weighted by molar-refractivity contribution is 0.140. The van der Waals surface area contributed by atoms with E-state index in [9.17, 15) is 14.4 Å². The van der Waals surface area contributed by atoms with Gasteiger partial charge < -0.3 is 35.0 Å². The molecule has 0 spiro atoms. The maximum absolute atomic E-state index is 10.00. The SMILES string of the molecule is C[Si]1O[Si](C)(O)O[Si](C)O[Si](C)(O)O[Si](C)(O)O1. The van der Waals surface area contributed by atoms with E-state index < -0.39 is 45.0 Å². The molecule has 1 saturated heterocycles. The first-order valence-electron chi connectivity index (χ1n) is 5.21. The van der Waals surface area contributed by atoms with Crippen LogP contribution in [0.25, 0.3) is 0 Å². The molecule has 0 saturated carbocycles. The molecule has 1 fully saturated rings. The zero-order valence-corrected chi connectivity index (χ0v) is 15.9. The van der Waals surface area contributed by atoms with Gasteiger partial charge in [-0.3, -0.25) is 0 Å². The minimum atomic E-state index is -3.54. The van der Waals surface area contributed by atoms with E-state index in [1.807, 2.05) is 0 Å². The van der Waals surface area contributed by atoms with Crippen molar-refractivity contribution in [1.29, 1.82) is 0 Å². The third-order valence-corrected chi connectivity index (χ3v) is 15.4. The quantitative estimate of drug-likeness (QED) is 0.480. The molecule has 8 nitrogen and oxygen atoms in total. The van der Waals surface area contributed by atoms with Gasteiger partial charge in [0, 0.05) is 19.6 Å². The van der Waals surface area contributed by atoms with Gasteiger partial charge in [-0.25, -0.2) is 0 Å². The summed E-state index contributed by atoms with van der Waals surface area (Å²) in [7, 11) is -14.3. The molecule has 0 aliphatic carbocycles. The highest BCUT2D eigenvalue weighted by Gasteiger charge is 2.49. The third kappa shape index (κ3) is 5.82. The Hall–Kier alpha value is 0.764. The Morgan fingerprint density at radius 3 is 1.28 bits per heavy atom. The highest BCUT2D eigenvalue weighted by Crippen LogP contribution is 2.19. The summed E-state index contributed by atoms with van der Waals surface area (Å²) in [5.74, 6) is 0. The van der Waals surface area contributed by atoms with E-state index in [1.54, 1.807) is 13.1 Å². The van der Waals surface area contributed by atoms with Crippen molar-refractivity contribution >= 4 is 45.0 Å². The summed E-state index contributed by atoms with van der Waals surface area (Å²) in [6.07, 6.45) is 0. The van der Waals surface area contributed by atoms with Crippen LogP contribution in [-0.4, -0.2) is 59.4 Å². The Balaban J connectivity index is 2.91. The summed E-state index contributed by atoms with van der Waals surface area (Å²) in [5.41, 5.74) is 0. The average molecular weight is 347 g/mol. The Bertz CT molecular complexity index is 272. The highest BCUT2D eigenvalue weighted by molar-refractivity contribution is 6.82. The summed E-state index contributed by atoms with van der Waals surface area (Å²) >= 11 is 0. The average Bonchev–Trinajstić information content (AvgIpc) is 1.90. The van der Waals surface area contributed by atoms with E-state index in [4.69, 9.17) is 20.6 Å². The summed E-state index contributed by atoms with van der Waals surface area (Å²) in [4.78, 5) is 30.0. The molecule has 0 amide bonds. The second kappa shape index (κ2) is 5.64. The first-order valence-corrected chi connectivity index (χ1v) is 15.6. The van der Waals surface area contributed by atoms with Crippen molar-refractivity contribution in [2.24, 2.45) is 0 Å². The van der Waals surface area contributed by atoms with Gasteiger partial charge >= 0.3 is 45.0 Å². The van der Waals surface area contributed by atoms with Crippen LogP contribution in [0.15, 0.2) is 0 Å². The van der Waals surface area contributed by atoms with Gasteiger partial charge in [-0.15, -0.1) is 0 Å². The van der Waals surface area contributed by atoms with E-state index in [2.05, 4.69) is 0 Å². The third-order valence-electron chi connectivity index (χ3n) is 1.71. The van der Waals surface area contributed by atoms with Crippen molar-refractivity contribution in [2.75, 3.05) is 0 Å². The first kappa shape index (κ1) is 16.8. The zero-order valence-electron chi connectivity index (χ0n) is 10.9. The van der Waals surface area contributed by atoms with Crippen LogP contribution in [0.1, 0.15) is 0 Å². The predicted octanol–water partition coefficient (Wildman–Crippen LogP) is -0.998. The largest absolute Gasteiger partial charge is 0.478 e. The normalized spacial score (nSPS) is 46.0. The smallest absolute Gasteiger partial charge is 0.393 e. The molecule has 1 aliphatic rings. The molecule has 18 heavy (non-hydrogen) atoms. The summed E-state index contributed by atoms with van der Waals surface area (Å²) in [6, 6.07) is 0. The second-order valence-electron chi connectivity index (χ2n) is 4.19. The molecule has 2 atom stereocenters. The minimum absolute atomic E-state index is 1.37. The Morgan fingerprint density at radius 2 is 0.944 bits per heavy atom. The van der Waals surface area contributed by atoms with Crippen molar-refractivity contribution in [1.82, 2.24) is 0 Å². The van der Waals surface area contributed by atoms with E-state index in [-0.39, 0.29) is 0 Å². The summed E-state index contributed by atoms with van der Waals surface area (Å²) in [5, 5.41) is 0. The lowest BCUT2D eigenvalue weighted by Crippen LogP contribution is -2.60. The van der Waals surface area contributed by atoms with Crippen LogP contribution in [0.3, 0.4) is 0 Å². The molecule has 1 rings (SSSR count). The highest BCUT2D eigenvalue weighted by atomic mass is 28.5. The van der Waals surface area contributed by atoms with E-state index in [1.165, 1.54) is 19.6 Å². The summed E-state index contributed by atoms with van der Waals surface area (Å²) < 4.78 is 26.4. The second-order valence-corrected chi connectivity index (χ2v) is 15.6. The molecule has 1 aliphatic heterocycles. The molecule has 13 heteroatoms. The van der Waals surface area contributed by atoms with Crippen LogP contribution in [0.4, 0.5) is 0 Å². The van der Waals surface area contributed by atoms with Crippen LogP contribution >= 0.6 is 0 Å². The van der Waals surface area contributed by atoms with Crippen LogP contribution in [-0.2, 0) is 20.6 Å². The predicted molar refractivity (Wildman–Crippen MR) is 70.2 cm³/mol. The van der Waals surface area contributed by atoms with Gasteiger partial charge in [0.2, 0.25) is 0 Å². The van der Waals surface area contributed by atoms with Crippen molar-refractivity contribution in [3.05, 3.63) is 0 Å². The lowest BCUT2D eigenvalue weighted by atomic mass is 11.9. The van der Waals surface area contributed by atoms with E-state index in [0.29, 0.717) is 0 Å². The van der Waals surface area contributed by atoms with E-state index >= 15 is 0 Å². The lowest BCUT2D eigenvalue weighted by Gasteiger charge is -2.35. The van der Waals surface area contributed by atoms with Crippen molar-refractivity contribution < 1.29 is 35.0 Å². The van der Waals surface area contributed by atoms with Crippen molar-refractivity contribution in [3.8, 4) is 0 Å². The molecule has 106 valence electrons. The molecular formula is C5H18O8Si5. The fourth-order valence-corrected chi connectivity index (χ4v) is 15.6. The van der Waals surface area contributed by atoms with Gasteiger partial charge in [0.05, 0.1) is 0 Å². The standard InChI is InChI=1S/C5H18O8Si5/c1-14-9-16(3,6)10-15(2)12-18(5,8)13-17(4,7)11-14/h6-8H,1-5H3. The topological polar surface area (TPSA) is 107 Å². The molecule has 0 aromatic heterocycles. The fraction of sp³-hybridized carbons (Fsp3) is 1.00. The maximum Gasteiger partial charge on any atom is 0.478 e. The van der Waals surface area contributed by atoms with E-state index in [0.717, 1.165) is 0 Å². The molecule has 2 radical (unpaired) electrons. The van der Waals surface area contributed by atoms with Crippen LogP contribution in [0.5, 0.6) is 0 Å². The Kier molecular flexibility index (Phi) is 5.27. The van der Waals surface area contributed by atoms with Gasteiger partial charge in [-0.05, 0) is 13.1 Å². The molecule has 0 bridgehead atoms. The van der Waals surface area contributed by atoms with Crippen molar-refractivity contribution in [2.45, 2.75) is 32.7 Å². The molecule has 1 heterocycles. The first-order chi connectivity index (χ1) is 7.91. The van der Waals surface area contributed by atoms with Gasteiger partial charge in [0.15, 0.2) is 0 Å². The Morgan fingerprint density at radius 1 is 0.667 bits per heavy atom. The maximum atomic E-state index is 10.00. The zero-order chi connectivity index (χ0) is 14.2. The molecule has 0 aromatic carbocycles.